The van der Waals surface area contributed by atoms with Crippen LogP contribution in [0.4, 0.5) is 0 Å². The number of nitrogens with zero attached hydrogens (tertiary/aromatic N) is 2. The van der Waals surface area contributed by atoms with Crippen LogP contribution in [0.3, 0.4) is 0 Å². The predicted octanol–water partition coefficient (Wildman–Crippen LogP) is 2.32. The molecule has 0 saturated heterocycles. The van der Waals surface area contributed by atoms with Gasteiger partial charge in [0.25, 0.3) is 0 Å². The monoisotopic (exact) mass is 242 g/mol. The van der Waals surface area contributed by atoms with Crippen LogP contribution in [0.2, 0.25) is 0 Å². The van der Waals surface area contributed by atoms with Crippen LogP contribution in [0, 0.1) is 10.7 Å². The summed E-state index contributed by atoms with van der Waals surface area (Å²) in [5, 5.41) is 0. The first kappa shape index (κ1) is 9.70. The summed E-state index contributed by atoms with van der Waals surface area (Å²) in [4.78, 5) is 9.24. The molecule has 2 aromatic rings. The molecule has 2 aromatic heterocycles. The summed E-state index contributed by atoms with van der Waals surface area (Å²) in [7, 11) is 3.07. The molecule has 3 nitrogen and oxygen atoms in total. The number of aromatic nitrogens is 2. The average molecular weight is 242 g/mol. The fraction of sp³-hybridized carbons (Fsp3) is 0.125. The Morgan fingerprint density at radius 1 is 1.36 bits per heavy atom. The summed E-state index contributed by atoms with van der Waals surface area (Å²) in [5.41, 5.74) is 1.85. The van der Waals surface area contributed by atoms with Crippen molar-refractivity contribution in [2.45, 2.75) is 6.92 Å². The van der Waals surface area contributed by atoms with Crippen LogP contribution in [0.1, 0.15) is 5.56 Å². The number of rotatable bonds is 1. The van der Waals surface area contributed by atoms with Crippen molar-refractivity contribution in [1.29, 1.82) is 0 Å². The average Bonchev–Trinajstić information content (AvgIpc) is 2.61. The molecular weight excluding hydrogens is 236 g/mol. The molecule has 0 N–H and O–H groups in total. The zero-order valence-corrected chi connectivity index (χ0v) is 9.71. The Morgan fingerprint density at radius 3 is 2.79 bits per heavy atom. The molecule has 0 amide bonds. The second-order valence-corrected chi connectivity index (χ2v) is 5.57. The Bertz CT molecular complexity index is 525. The molecular formula is C8H6N2OS3. The maximum atomic E-state index is 10.7. The second kappa shape index (κ2) is 4.12. The third kappa shape index (κ3) is 1.68. The summed E-state index contributed by atoms with van der Waals surface area (Å²) in [6.07, 6.45) is 5.01. The molecule has 0 aliphatic carbocycles. The molecule has 72 valence electrons. The van der Waals surface area contributed by atoms with E-state index in [2.05, 4.69) is 9.97 Å². The van der Waals surface area contributed by atoms with Gasteiger partial charge in [0.15, 0.2) is 0 Å². The minimum Gasteiger partial charge on any atom is -0.261 e. The number of hydrogen-bond acceptors (Lipinski definition) is 5. The van der Waals surface area contributed by atoms with Gasteiger partial charge < -0.3 is 0 Å². The van der Waals surface area contributed by atoms with Crippen molar-refractivity contribution in [1.82, 2.24) is 9.97 Å². The first-order valence-corrected chi connectivity index (χ1v) is 6.71. The third-order valence-corrected chi connectivity index (χ3v) is 5.42. The topological polar surface area (TPSA) is 42.9 Å². The number of hydrogen-bond donors (Lipinski definition) is 0. The summed E-state index contributed by atoms with van der Waals surface area (Å²) < 4.78 is 11.5. The molecule has 0 aliphatic heterocycles. The molecule has 0 spiro atoms. The van der Waals surface area contributed by atoms with Crippen molar-refractivity contribution in [2.24, 2.45) is 0 Å². The van der Waals surface area contributed by atoms with Crippen molar-refractivity contribution in [3.8, 4) is 10.6 Å². The zero-order valence-electron chi connectivity index (χ0n) is 7.26. The van der Waals surface area contributed by atoms with Gasteiger partial charge >= 0.3 is 0 Å². The van der Waals surface area contributed by atoms with E-state index in [9.17, 15) is 4.21 Å². The molecule has 0 aliphatic rings. The van der Waals surface area contributed by atoms with Crippen LogP contribution in [-0.4, -0.2) is 14.2 Å². The lowest BCUT2D eigenvalue weighted by Crippen LogP contribution is -1.82. The highest BCUT2D eigenvalue weighted by Gasteiger charge is 2.07. The van der Waals surface area contributed by atoms with E-state index in [-0.39, 0.29) is 0 Å². The van der Waals surface area contributed by atoms with E-state index in [1.165, 1.54) is 10.3 Å². The van der Waals surface area contributed by atoms with Gasteiger partial charge in [0, 0.05) is 18.0 Å². The van der Waals surface area contributed by atoms with Crippen LogP contribution < -0.4 is 0 Å². The highest BCUT2D eigenvalue weighted by Crippen LogP contribution is 2.31. The second-order valence-electron chi connectivity index (χ2n) is 2.58. The normalized spacial score (nSPS) is 10.1. The van der Waals surface area contributed by atoms with Gasteiger partial charge in [0.1, 0.15) is 15.1 Å². The van der Waals surface area contributed by atoms with E-state index in [1.807, 2.05) is 6.92 Å². The smallest absolute Gasteiger partial charge is 0.135 e. The third-order valence-electron chi connectivity index (χ3n) is 1.72. The minimum atomic E-state index is 0.542. The van der Waals surface area contributed by atoms with E-state index in [1.54, 1.807) is 28.9 Å². The van der Waals surface area contributed by atoms with Gasteiger partial charge in [-0.25, -0.2) is 4.21 Å². The van der Waals surface area contributed by atoms with E-state index in [4.69, 9.17) is 0 Å². The lowest BCUT2D eigenvalue weighted by Gasteiger charge is -1.94. The zero-order chi connectivity index (χ0) is 9.97. The largest absolute Gasteiger partial charge is 0.261 e. The maximum absolute atomic E-state index is 10.7. The Hall–Kier alpha value is -0.850. The van der Waals surface area contributed by atoms with Crippen molar-refractivity contribution in [3.63, 3.8) is 0 Å². The lowest BCUT2D eigenvalue weighted by molar-refractivity contribution is 0.700. The van der Waals surface area contributed by atoms with Gasteiger partial charge in [-0.05, 0) is 6.92 Å². The van der Waals surface area contributed by atoms with Gasteiger partial charge in [-0.2, -0.15) is 0 Å². The summed E-state index contributed by atoms with van der Waals surface area (Å²) in [6.45, 7) is 1.94. The molecule has 0 saturated carbocycles. The van der Waals surface area contributed by atoms with Crippen LogP contribution in [0.5, 0.6) is 0 Å². The Kier molecular flexibility index (Phi) is 2.85. The predicted molar refractivity (Wildman–Crippen MR) is 59.3 cm³/mol. The van der Waals surface area contributed by atoms with Gasteiger partial charge in [-0.15, -0.1) is 0 Å². The molecule has 14 heavy (non-hydrogen) atoms. The molecule has 0 bridgehead atoms. The quantitative estimate of drug-likeness (QED) is 0.569. The van der Waals surface area contributed by atoms with E-state index in [0.717, 1.165) is 20.0 Å². The van der Waals surface area contributed by atoms with Gasteiger partial charge in [-0.1, -0.05) is 20.7 Å². The fourth-order valence-electron chi connectivity index (χ4n) is 1.02. The van der Waals surface area contributed by atoms with Crippen molar-refractivity contribution < 1.29 is 4.21 Å². The molecule has 0 unspecified atom stereocenters. The molecule has 0 aromatic carbocycles. The summed E-state index contributed by atoms with van der Waals surface area (Å²) >= 11 is 0.542. The van der Waals surface area contributed by atoms with E-state index >= 15 is 0 Å². The molecule has 2 heterocycles. The van der Waals surface area contributed by atoms with Crippen molar-refractivity contribution in [3.05, 3.63) is 28.0 Å². The Balaban J connectivity index is 2.65. The standard InChI is InChI=1S/C8H6N2OS3/c1-5-7(13-14-8(5)12-11)6-4-9-2-3-10-6/h2-4H,1H3. The summed E-state index contributed by atoms with van der Waals surface area (Å²) in [5.74, 6) is 0. The maximum Gasteiger partial charge on any atom is 0.135 e. The van der Waals surface area contributed by atoms with Crippen LogP contribution >= 0.6 is 20.7 Å². The summed E-state index contributed by atoms with van der Waals surface area (Å²) in [6, 6.07) is 0. The van der Waals surface area contributed by atoms with Crippen molar-refractivity contribution >= 4 is 31.9 Å². The molecule has 0 radical (unpaired) electrons. The van der Waals surface area contributed by atoms with Gasteiger partial charge in [0.2, 0.25) is 0 Å². The first-order chi connectivity index (χ1) is 6.83. The molecule has 0 atom stereocenters. The minimum absolute atomic E-state index is 0.542. The van der Waals surface area contributed by atoms with E-state index in [0.29, 0.717) is 11.3 Å². The van der Waals surface area contributed by atoms with Crippen LogP contribution in [0.25, 0.3) is 10.6 Å². The van der Waals surface area contributed by atoms with E-state index < -0.39 is 0 Å². The Labute approximate surface area is 91.6 Å². The van der Waals surface area contributed by atoms with Crippen molar-refractivity contribution in [2.75, 3.05) is 0 Å². The lowest BCUT2D eigenvalue weighted by atomic mass is 10.3. The van der Waals surface area contributed by atoms with Gasteiger partial charge in [0.05, 0.1) is 16.8 Å². The molecule has 6 heteroatoms. The van der Waals surface area contributed by atoms with Crippen LogP contribution in [0.15, 0.2) is 18.6 Å². The fourth-order valence-corrected chi connectivity index (χ4v) is 4.34. The molecule has 0 fully saturated rings. The SMILES string of the molecule is Cc1c(-c2cnccn2)ssc1=S=O. The van der Waals surface area contributed by atoms with Gasteiger partial charge in [-0.3, -0.25) is 9.97 Å². The Morgan fingerprint density at radius 2 is 2.21 bits per heavy atom. The molecule has 2 rings (SSSR count). The highest BCUT2D eigenvalue weighted by molar-refractivity contribution is 7.74. The highest BCUT2D eigenvalue weighted by atomic mass is 32.9. The van der Waals surface area contributed by atoms with Crippen LogP contribution in [-0.2, 0) is 11.3 Å². The first-order valence-electron chi connectivity index (χ1n) is 3.82.